The summed E-state index contributed by atoms with van der Waals surface area (Å²) in [6.07, 6.45) is -2.76. The summed E-state index contributed by atoms with van der Waals surface area (Å²) in [5.74, 6) is -0.132. The van der Waals surface area contributed by atoms with E-state index in [0.717, 1.165) is 18.9 Å². The number of ether oxygens (including phenoxy) is 2. The van der Waals surface area contributed by atoms with E-state index in [2.05, 4.69) is 0 Å². The normalized spacial score (nSPS) is 17.2. The van der Waals surface area contributed by atoms with Gasteiger partial charge in [-0.05, 0) is 18.9 Å². The smallest absolute Gasteiger partial charge is 0.420 e. The molecule has 1 saturated carbocycles. The maximum atomic E-state index is 12.9. The van der Waals surface area contributed by atoms with Gasteiger partial charge in [-0.1, -0.05) is 6.07 Å². The fourth-order valence-electron chi connectivity index (χ4n) is 2.34. The van der Waals surface area contributed by atoms with Gasteiger partial charge in [-0.25, -0.2) is 0 Å². The summed E-state index contributed by atoms with van der Waals surface area (Å²) in [5, 5.41) is 0. The number of methoxy groups -OCH3 is 2. The Morgan fingerprint density at radius 2 is 1.74 bits per heavy atom. The van der Waals surface area contributed by atoms with E-state index in [1.165, 1.54) is 20.3 Å². The molecule has 1 aromatic rings. The van der Waals surface area contributed by atoms with Crippen molar-refractivity contribution in [3.05, 3.63) is 23.3 Å². The first-order valence-electron chi connectivity index (χ1n) is 5.92. The van der Waals surface area contributed by atoms with Gasteiger partial charge in [0.1, 0.15) is 5.56 Å². The van der Waals surface area contributed by atoms with E-state index in [-0.39, 0.29) is 16.9 Å². The van der Waals surface area contributed by atoms with Gasteiger partial charge in [0, 0.05) is 17.5 Å². The molecule has 106 valence electrons. The molecule has 0 radical (unpaired) electrons. The van der Waals surface area contributed by atoms with Crippen LogP contribution in [0.25, 0.3) is 0 Å². The van der Waals surface area contributed by atoms with Gasteiger partial charge < -0.3 is 15.2 Å². The highest BCUT2D eigenvalue weighted by Gasteiger charge is 2.47. The molecule has 6 heteroatoms. The summed E-state index contributed by atoms with van der Waals surface area (Å²) in [7, 11) is 2.55. The van der Waals surface area contributed by atoms with Crippen LogP contribution in [-0.4, -0.2) is 20.8 Å². The number of hydrogen-bond acceptors (Lipinski definition) is 3. The Hall–Kier alpha value is -1.43. The van der Waals surface area contributed by atoms with Crippen LogP contribution in [-0.2, 0) is 11.6 Å². The van der Waals surface area contributed by atoms with Crippen LogP contribution in [0.5, 0.6) is 11.5 Å². The highest BCUT2D eigenvalue weighted by molar-refractivity contribution is 5.57. The van der Waals surface area contributed by atoms with Gasteiger partial charge >= 0.3 is 6.18 Å². The highest BCUT2D eigenvalue weighted by atomic mass is 19.4. The number of nitrogens with two attached hydrogens (primary N) is 1. The van der Waals surface area contributed by atoms with Gasteiger partial charge in [-0.3, -0.25) is 0 Å². The van der Waals surface area contributed by atoms with E-state index in [9.17, 15) is 13.2 Å². The van der Waals surface area contributed by atoms with Crippen LogP contribution < -0.4 is 15.2 Å². The Morgan fingerprint density at radius 3 is 2.11 bits per heavy atom. The predicted octanol–water partition coefficient (Wildman–Crippen LogP) is 2.71. The van der Waals surface area contributed by atoms with Crippen molar-refractivity contribution in [1.82, 2.24) is 0 Å². The van der Waals surface area contributed by atoms with Gasteiger partial charge in [-0.2, -0.15) is 13.2 Å². The Kier molecular flexibility index (Phi) is 3.38. The third-order valence-electron chi connectivity index (χ3n) is 3.64. The number of halogens is 3. The number of rotatable bonds is 4. The maximum Gasteiger partial charge on any atom is 0.420 e. The third kappa shape index (κ3) is 2.25. The molecule has 0 bridgehead atoms. The molecule has 1 fully saturated rings. The van der Waals surface area contributed by atoms with Crippen LogP contribution in [0.15, 0.2) is 12.1 Å². The van der Waals surface area contributed by atoms with Crippen molar-refractivity contribution in [3.63, 3.8) is 0 Å². The van der Waals surface area contributed by atoms with E-state index in [1.54, 1.807) is 0 Å². The van der Waals surface area contributed by atoms with Crippen LogP contribution in [0.1, 0.15) is 24.0 Å². The minimum absolute atomic E-state index is 0.139. The standard InChI is InChI=1S/C13H16F3NO2/c1-18-10-8(12(7-17)5-6-12)3-4-9(11(10)19-2)13(14,15)16/h3-4H,5-7,17H2,1-2H3. The molecule has 2 N–H and O–H groups in total. The van der Waals surface area contributed by atoms with Gasteiger partial charge in [-0.15, -0.1) is 0 Å². The Morgan fingerprint density at radius 1 is 1.16 bits per heavy atom. The minimum atomic E-state index is -4.48. The number of alkyl halides is 3. The quantitative estimate of drug-likeness (QED) is 0.919. The van der Waals surface area contributed by atoms with Crippen molar-refractivity contribution >= 4 is 0 Å². The van der Waals surface area contributed by atoms with Gasteiger partial charge in [0.15, 0.2) is 11.5 Å². The lowest BCUT2D eigenvalue weighted by Gasteiger charge is -2.22. The molecule has 0 spiro atoms. The van der Waals surface area contributed by atoms with E-state index in [0.29, 0.717) is 12.1 Å². The molecule has 1 aliphatic carbocycles. The first kappa shape index (κ1) is 14.0. The molecule has 0 amide bonds. The molecule has 0 unspecified atom stereocenters. The Bertz CT molecular complexity index is 482. The van der Waals surface area contributed by atoms with E-state index in [1.807, 2.05) is 0 Å². The zero-order valence-corrected chi connectivity index (χ0v) is 10.8. The average Bonchev–Trinajstić information content (AvgIpc) is 3.16. The first-order chi connectivity index (χ1) is 8.89. The van der Waals surface area contributed by atoms with Crippen LogP contribution >= 0.6 is 0 Å². The Balaban J connectivity index is 2.61. The summed E-state index contributed by atoms with van der Waals surface area (Å²) < 4.78 is 48.8. The molecule has 0 saturated heterocycles. The summed E-state index contributed by atoms with van der Waals surface area (Å²) >= 11 is 0. The second-order valence-corrected chi connectivity index (χ2v) is 4.71. The number of benzene rings is 1. The van der Waals surface area contributed by atoms with E-state index in [4.69, 9.17) is 15.2 Å². The third-order valence-corrected chi connectivity index (χ3v) is 3.64. The summed E-state index contributed by atoms with van der Waals surface area (Å²) in [4.78, 5) is 0. The molecule has 0 aromatic heterocycles. The van der Waals surface area contributed by atoms with Crippen LogP contribution in [0.3, 0.4) is 0 Å². The van der Waals surface area contributed by atoms with Crippen LogP contribution in [0, 0.1) is 0 Å². The SMILES string of the molecule is COc1c(C(F)(F)F)ccc(C2(CN)CC2)c1OC. The molecular weight excluding hydrogens is 259 g/mol. The second kappa shape index (κ2) is 4.59. The van der Waals surface area contributed by atoms with Gasteiger partial charge in [0.25, 0.3) is 0 Å². The molecule has 3 nitrogen and oxygen atoms in total. The maximum absolute atomic E-state index is 12.9. The molecule has 0 heterocycles. The van der Waals surface area contributed by atoms with Crippen LogP contribution in [0.4, 0.5) is 13.2 Å². The second-order valence-electron chi connectivity index (χ2n) is 4.71. The summed E-state index contributed by atoms with van der Waals surface area (Å²) in [6.45, 7) is 0.387. The topological polar surface area (TPSA) is 44.5 Å². The van der Waals surface area contributed by atoms with E-state index < -0.39 is 11.7 Å². The lowest BCUT2D eigenvalue weighted by atomic mass is 9.93. The fraction of sp³-hybridized carbons (Fsp3) is 0.538. The highest BCUT2D eigenvalue weighted by Crippen LogP contribution is 2.54. The zero-order chi connectivity index (χ0) is 14.3. The molecular formula is C13H16F3NO2. The predicted molar refractivity (Wildman–Crippen MR) is 64.5 cm³/mol. The largest absolute Gasteiger partial charge is 0.493 e. The minimum Gasteiger partial charge on any atom is -0.493 e. The number of hydrogen-bond donors (Lipinski definition) is 1. The van der Waals surface area contributed by atoms with Crippen molar-refractivity contribution in [2.75, 3.05) is 20.8 Å². The van der Waals surface area contributed by atoms with Crippen LogP contribution in [0.2, 0.25) is 0 Å². The molecule has 0 atom stereocenters. The summed E-state index contributed by atoms with van der Waals surface area (Å²) in [5.41, 5.74) is 5.33. The van der Waals surface area contributed by atoms with Crippen molar-refractivity contribution < 1.29 is 22.6 Å². The molecule has 1 aromatic carbocycles. The monoisotopic (exact) mass is 275 g/mol. The van der Waals surface area contributed by atoms with Crippen molar-refractivity contribution in [2.45, 2.75) is 24.4 Å². The summed E-state index contributed by atoms with van der Waals surface area (Å²) in [6, 6.07) is 2.48. The lowest BCUT2D eigenvalue weighted by Crippen LogP contribution is -2.21. The van der Waals surface area contributed by atoms with E-state index >= 15 is 0 Å². The average molecular weight is 275 g/mol. The first-order valence-corrected chi connectivity index (χ1v) is 5.92. The molecule has 19 heavy (non-hydrogen) atoms. The molecule has 2 rings (SSSR count). The Labute approximate surface area is 109 Å². The fourth-order valence-corrected chi connectivity index (χ4v) is 2.34. The molecule has 0 aliphatic heterocycles. The lowest BCUT2D eigenvalue weighted by molar-refractivity contribution is -0.138. The molecule has 1 aliphatic rings. The van der Waals surface area contributed by atoms with Crippen molar-refractivity contribution in [3.8, 4) is 11.5 Å². The van der Waals surface area contributed by atoms with Gasteiger partial charge in [0.2, 0.25) is 0 Å². The van der Waals surface area contributed by atoms with Crippen molar-refractivity contribution in [2.24, 2.45) is 5.73 Å². The van der Waals surface area contributed by atoms with Gasteiger partial charge in [0.05, 0.1) is 14.2 Å². The zero-order valence-electron chi connectivity index (χ0n) is 10.8. The van der Waals surface area contributed by atoms with Crippen molar-refractivity contribution in [1.29, 1.82) is 0 Å².